The Kier molecular flexibility index (Phi) is 8.38. The molecule has 0 spiro atoms. The van der Waals surface area contributed by atoms with E-state index in [1.807, 2.05) is 11.3 Å². The van der Waals surface area contributed by atoms with Crippen LogP contribution in [0, 0.1) is 6.92 Å². The lowest BCUT2D eigenvalue weighted by Gasteiger charge is -2.17. The first-order chi connectivity index (χ1) is 10.0. The molecule has 120 valence electrons. The fraction of sp³-hybridized carbons (Fsp3) is 0.688. The van der Waals surface area contributed by atoms with Crippen LogP contribution >= 0.6 is 11.3 Å². The van der Waals surface area contributed by atoms with E-state index in [-0.39, 0.29) is 0 Å². The summed E-state index contributed by atoms with van der Waals surface area (Å²) in [5.41, 5.74) is 0. The molecule has 1 unspecified atom stereocenters. The van der Waals surface area contributed by atoms with Crippen molar-refractivity contribution in [3.05, 3.63) is 21.9 Å². The van der Waals surface area contributed by atoms with Gasteiger partial charge in [-0.05, 0) is 60.0 Å². The highest BCUT2D eigenvalue weighted by Gasteiger charge is 2.07. The molecule has 1 heterocycles. The molecule has 5 heteroatoms. The first-order valence-electron chi connectivity index (χ1n) is 7.76. The molecule has 1 rings (SSSR count). The second-order valence-electron chi connectivity index (χ2n) is 5.68. The van der Waals surface area contributed by atoms with Gasteiger partial charge in [-0.25, -0.2) is 0 Å². The molecule has 0 aromatic carbocycles. The zero-order valence-corrected chi connectivity index (χ0v) is 14.9. The summed E-state index contributed by atoms with van der Waals surface area (Å²) in [5, 5.41) is 6.82. The summed E-state index contributed by atoms with van der Waals surface area (Å²) >= 11 is 1.88. The molecule has 0 bridgehead atoms. The number of hydrogen-bond donors (Lipinski definition) is 2. The van der Waals surface area contributed by atoms with Crippen LogP contribution in [-0.4, -0.2) is 50.6 Å². The predicted octanol–water partition coefficient (Wildman–Crippen LogP) is 2.49. The van der Waals surface area contributed by atoms with Gasteiger partial charge in [0.05, 0.1) is 0 Å². The van der Waals surface area contributed by atoms with Gasteiger partial charge in [0.15, 0.2) is 5.96 Å². The lowest BCUT2D eigenvalue weighted by atomic mass is 10.2. The summed E-state index contributed by atoms with van der Waals surface area (Å²) in [6, 6.07) is 4.79. The van der Waals surface area contributed by atoms with Crippen LogP contribution in [0.25, 0.3) is 0 Å². The van der Waals surface area contributed by atoms with E-state index in [1.165, 1.54) is 9.75 Å². The van der Waals surface area contributed by atoms with Crippen molar-refractivity contribution in [2.75, 3.05) is 33.7 Å². The Morgan fingerprint density at radius 2 is 2.14 bits per heavy atom. The quantitative estimate of drug-likeness (QED) is 0.440. The van der Waals surface area contributed by atoms with Crippen LogP contribution in [0.4, 0.5) is 0 Å². The summed E-state index contributed by atoms with van der Waals surface area (Å²) in [6.45, 7) is 9.30. The summed E-state index contributed by atoms with van der Waals surface area (Å²) < 4.78 is 0. The largest absolute Gasteiger partial charge is 0.357 e. The first-order valence-corrected chi connectivity index (χ1v) is 8.57. The maximum absolute atomic E-state index is 4.64. The maximum Gasteiger partial charge on any atom is 0.191 e. The summed E-state index contributed by atoms with van der Waals surface area (Å²) in [7, 11) is 4.19. The Morgan fingerprint density at radius 1 is 1.38 bits per heavy atom. The lowest BCUT2D eigenvalue weighted by Crippen LogP contribution is -2.43. The molecule has 0 saturated heterocycles. The molecule has 1 aromatic rings. The minimum atomic E-state index is 0.384. The highest BCUT2D eigenvalue weighted by atomic mass is 32.1. The second-order valence-corrected chi connectivity index (χ2v) is 7.05. The Hall–Kier alpha value is -1.07. The van der Waals surface area contributed by atoms with Gasteiger partial charge in [-0.15, -0.1) is 11.3 Å². The molecule has 1 aromatic heterocycles. The van der Waals surface area contributed by atoms with E-state index in [9.17, 15) is 0 Å². The van der Waals surface area contributed by atoms with E-state index in [2.05, 4.69) is 67.5 Å². The molecule has 4 nitrogen and oxygen atoms in total. The van der Waals surface area contributed by atoms with Gasteiger partial charge in [0, 0.05) is 35.3 Å². The van der Waals surface area contributed by atoms with Crippen molar-refractivity contribution in [1.82, 2.24) is 15.5 Å². The van der Waals surface area contributed by atoms with Crippen molar-refractivity contribution in [2.45, 2.75) is 39.7 Å². The number of hydrogen-bond acceptors (Lipinski definition) is 3. The van der Waals surface area contributed by atoms with Gasteiger partial charge < -0.3 is 15.5 Å². The van der Waals surface area contributed by atoms with Gasteiger partial charge in [0.1, 0.15) is 0 Å². The average Bonchev–Trinajstić information content (AvgIpc) is 2.79. The molecule has 2 N–H and O–H groups in total. The van der Waals surface area contributed by atoms with Crippen LogP contribution in [0.2, 0.25) is 0 Å². The van der Waals surface area contributed by atoms with Gasteiger partial charge in [0.2, 0.25) is 0 Å². The maximum atomic E-state index is 4.64. The number of aliphatic imine (C=N–C) groups is 1. The average molecular weight is 311 g/mol. The highest BCUT2D eigenvalue weighted by molar-refractivity contribution is 7.11. The predicted molar refractivity (Wildman–Crippen MR) is 94.5 cm³/mol. The Balaban J connectivity index is 2.42. The van der Waals surface area contributed by atoms with Crippen LogP contribution in [0.1, 0.15) is 30.0 Å². The van der Waals surface area contributed by atoms with Gasteiger partial charge >= 0.3 is 0 Å². The van der Waals surface area contributed by atoms with E-state index in [1.54, 1.807) is 0 Å². The van der Waals surface area contributed by atoms with E-state index in [0.717, 1.165) is 38.4 Å². The van der Waals surface area contributed by atoms with Crippen molar-refractivity contribution in [1.29, 1.82) is 0 Å². The van der Waals surface area contributed by atoms with E-state index >= 15 is 0 Å². The fourth-order valence-corrected chi connectivity index (χ4v) is 3.10. The van der Waals surface area contributed by atoms with E-state index in [4.69, 9.17) is 0 Å². The molecular weight excluding hydrogens is 280 g/mol. The van der Waals surface area contributed by atoms with Crippen molar-refractivity contribution in [3.8, 4) is 0 Å². The van der Waals surface area contributed by atoms with Crippen molar-refractivity contribution in [3.63, 3.8) is 0 Å². The van der Waals surface area contributed by atoms with E-state index < -0.39 is 0 Å². The molecular formula is C16H30N4S. The molecule has 0 fully saturated rings. The normalized spacial score (nSPS) is 13.5. The van der Waals surface area contributed by atoms with Gasteiger partial charge in [0.25, 0.3) is 0 Å². The number of aryl methyl sites for hydroxylation is 1. The molecule has 0 amide bonds. The highest BCUT2D eigenvalue weighted by Crippen LogP contribution is 2.16. The van der Waals surface area contributed by atoms with Gasteiger partial charge in [-0.2, -0.15) is 0 Å². The van der Waals surface area contributed by atoms with Crippen molar-refractivity contribution < 1.29 is 0 Å². The summed E-state index contributed by atoms with van der Waals surface area (Å²) in [4.78, 5) is 9.64. The first kappa shape index (κ1) is 18.0. The zero-order valence-electron chi connectivity index (χ0n) is 14.1. The molecule has 21 heavy (non-hydrogen) atoms. The molecule has 1 atom stereocenters. The third kappa shape index (κ3) is 8.07. The van der Waals surface area contributed by atoms with E-state index in [0.29, 0.717) is 6.04 Å². The molecule has 0 aliphatic carbocycles. The Labute approximate surface area is 133 Å². The minimum absolute atomic E-state index is 0.384. The molecule has 0 radical (unpaired) electrons. The monoisotopic (exact) mass is 310 g/mol. The second kappa shape index (κ2) is 9.79. The number of thiophene rings is 1. The Morgan fingerprint density at radius 3 is 2.71 bits per heavy atom. The zero-order chi connectivity index (χ0) is 15.7. The fourth-order valence-electron chi connectivity index (χ4n) is 2.08. The van der Waals surface area contributed by atoms with Crippen LogP contribution < -0.4 is 10.6 Å². The molecule has 0 aliphatic heterocycles. The van der Waals surface area contributed by atoms with Crippen LogP contribution in [-0.2, 0) is 6.42 Å². The third-order valence-electron chi connectivity index (χ3n) is 3.06. The minimum Gasteiger partial charge on any atom is -0.357 e. The molecule has 0 aliphatic rings. The summed E-state index contributed by atoms with van der Waals surface area (Å²) in [5.74, 6) is 0.928. The van der Waals surface area contributed by atoms with Crippen molar-refractivity contribution in [2.24, 2.45) is 4.99 Å². The number of rotatable bonds is 8. The van der Waals surface area contributed by atoms with Crippen molar-refractivity contribution >= 4 is 17.3 Å². The Bertz CT molecular complexity index is 426. The third-order valence-corrected chi connectivity index (χ3v) is 4.09. The molecule has 0 saturated carbocycles. The van der Waals surface area contributed by atoms with Gasteiger partial charge in [-0.3, -0.25) is 4.99 Å². The van der Waals surface area contributed by atoms with Gasteiger partial charge in [-0.1, -0.05) is 0 Å². The smallest absolute Gasteiger partial charge is 0.191 e. The SMILES string of the molecule is CCNC(=NCCCN(C)C)NC(C)Cc1ccc(C)s1. The number of nitrogens with zero attached hydrogens (tertiary/aromatic N) is 2. The topological polar surface area (TPSA) is 39.7 Å². The lowest BCUT2D eigenvalue weighted by molar-refractivity contribution is 0.403. The van der Waals surface area contributed by atoms with Crippen LogP contribution in [0.3, 0.4) is 0 Å². The van der Waals surface area contributed by atoms with Crippen LogP contribution in [0.15, 0.2) is 17.1 Å². The van der Waals surface area contributed by atoms with Crippen LogP contribution in [0.5, 0.6) is 0 Å². The standard InChI is InChI=1S/C16H30N4S/c1-6-17-16(18-10-7-11-20(4)5)19-13(2)12-15-9-8-14(3)21-15/h8-9,13H,6-7,10-12H2,1-5H3,(H2,17,18,19). The number of guanidine groups is 1. The number of nitrogens with one attached hydrogen (secondary N) is 2. The summed E-state index contributed by atoms with van der Waals surface area (Å²) in [6.07, 6.45) is 2.13.